The van der Waals surface area contributed by atoms with Gasteiger partial charge in [0.05, 0.1) is 12.0 Å². The first kappa shape index (κ1) is 11.6. The van der Waals surface area contributed by atoms with E-state index in [0.29, 0.717) is 25.2 Å². The number of hydrogen-bond donors (Lipinski definition) is 0. The minimum absolute atomic E-state index is 0.0489. The van der Waals surface area contributed by atoms with Crippen LogP contribution in [-0.2, 0) is 14.3 Å². The Hall–Kier alpha value is -0.860. The van der Waals surface area contributed by atoms with Crippen molar-refractivity contribution in [3.63, 3.8) is 0 Å². The van der Waals surface area contributed by atoms with Crippen LogP contribution in [-0.4, -0.2) is 18.4 Å². The van der Waals surface area contributed by atoms with Crippen molar-refractivity contribution >= 4 is 11.8 Å². The predicted octanol–water partition coefficient (Wildman–Crippen LogP) is 2.48. The first-order chi connectivity index (χ1) is 7.69. The summed E-state index contributed by atoms with van der Waals surface area (Å²) >= 11 is 0. The molecule has 16 heavy (non-hydrogen) atoms. The number of Topliss-reactive ketones (excluding diaryl/α,β-unsaturated/α-hetero) is 1. The highest BCUT2D eigenvalue weighted by atomic mass is 16.5. The van der Waals surface area contributed by atoms with E-state index in [1.165, 1.54) is 0 Å². The average molecular weight is 224 g/mol. The SMILES string of the molecule is CCOC(=O)[C@@]12CCCC[C@H]1CC(=O)CC2. The van der Waals surface area contributed by atoms with Crippen molar-refractivity contribution in [2.75, 3.05) is 6.61 Å². The van der Waals surface area contributed by atoms with Crippen molar-refractivity contribution in [2.24, 2.45) is 11.3 Å². The van der Waals surface area contributed by atoms with Gasteiger partial charge >= 0.3 is 5.97 Å². The first-order valence-electron chi connectivity index (χ1n) is 6.38. The Balaban J connectivity index is 2.19. The van der Waals surface area contributed by atoms with Crippen molar-refractivity contribution in [2.45, 2.75) is 51.9 Å². The summed E-state index contributed by atoms with van der Waals surface area (Å²) in [6.07, 6.45) is 6.07. The smallest absolute Gasteiger partial charge is 0.312 e. The second kappa shape index (κ2) is 4.56. The van der Waals surface area contributed by atoms with Gasteiger partial charge in [-0.05, 0) is 32.1 Å². The van der Waals surface area contributed by atoms with E-state index in [1.54, 1.807) is 0 Å². The lowest BCUT2D eigenvalue weighted by atomic mass is 9.59. The zero-order chi connectivity index (χ0) is 11.6. The Bertz CT molecular complexity index is 298. The number of carbonyl (C=O) groups is 2. The molecule has 0 amide bonds. The van der Waals surface area contributed by atoms with Gasteiger partial charge in [-0.3, -0.25) is 9.59 Å². The maximum Gasteiger partial charge on any atom is 0.312 e. The van der Waals surface area contributed by atoms with Crippen LogP contribution in [0.5, 0.6) is 0 Å². The minimum Gasteiger partial charge on any atom is -0.466 e. The Kier molecular flexibility index (Phi) is 3.31. The molecule has 0 spiro atoms. The second-order valence-corrected chi connectivity index (χ2v) is 5.06. The molecule has 3 heteroatoms. The maximum atomic E-state index is 12.1. The molecule has 2 atom stereocenters. The van der Waals surface area contributed by atoms with Crippen molar-refractivity contribution in [3.8, 4) is 0 Å². The maximum absolute atomic E-state index is 12.1. The zero-order valence-corrected chi connectivity index (χ0v) is 9.96. The summed E-state index contributed by atoms with van der Waals surface area (Å²) in [6, 6.07) is 0. The van der Waals surface area contributed by atoms with Crippen LogP contribution in [0.1, 0.15) is 51.9 Å². The van der Waals surface area contributed by atoms with E-state index in [4.69, 9.17) is 4.74 Å². The van der Waals surface area contributed by atoms with Gasteiger partial charge in [-0.2, -0.15) is 0 Å². The van der Waals surface area contributed by atoms with Gasteiger partial charge in [-0.15, -0.1) is 0 Å². The molecule has 0 aliphatic heterocycles. The highest BCUT2D eigenvalue weighted by molar-refractivity contribution is 5.85. The van der Waals surface area contributed by atoms with Crippen LogP contribution < -0.4 is 0 Å². The van der Waals surface area contributed by atoms with Gasteiger partial charge in [-0.1, -0.05) is 12.8 Å². The van der Waals surface area contributed by atoms with Crippen LogP contribution >= 0.6 is 0 Å². The zero-order valence-electron chi connectivity index (χ0n) is 9.96. The third-order valence-electron chi connectivity index (χ3n) is 4.21. The lowest BCUT2D eigenvalue weighted by Crippen LogP contribution is -2.46. The molecule has 0 aromatic carbocycles. The molecule has 3 nitrogen and oxygen atoms in total. The van der Waals surface area contributed by atoms with Gasteiger partial charge in [0.1, 0.15) is 5.78 Å². The quantitative estimate of drug-likeness (QED) is 0.677. The van der Waals surface area contributed by atoms with E-state index < -0.39 is 0 Å². The second-order valence-electron chi connectivity index (χ2n) is 5.06. The van der Waals surface area contributed by atoms with Gasteiger partial charge < -0.3 is 4.74 Å². The van der Waals surface area contributed by atoms with Crippen molar-refractivity contribution in [3.05, 3.63) is 0 Å². The van der Waals surface area contributed by atoms with E-state index in [-0.39, 0.29) is 17.3 Å². The normalized spacial score (nSPS) is 34.3. The molecule has 0 radical (unpaired) electrons. The van der Waals surface area contributed by atoms with E-state index in [2.05, 4.69) is 0 Å². The van der Waals surface area contributed by atoms with Crippen molar-refractivity contribution in [1.82, 2.24) is 0 Å². The van der Waals surface area contributed by atoms with Crippen LogP contribution in [0, 0.1) is 11.3 Å². The largest absolute Gasteiger partial charge is 0.466 e. The lowest BCUT2D eigenvalue weighted by molar-refractivity contribution is -0.165. The molecule has 2 fully saturated rings. The Morgan fingerprint density at radius 1 is 1.44 bits per heavy atom. The van der Waals surface area contributed by atoms with Gasteiger partial charge in [0.15, 0.2) is 0 Å². The molecule has 0 bridgehead atoms. The Labute approximate surface area is 96.5 Å². The summed E-state index contributed by atoms with van der Waals surface area (Å²) in [5.74, 6) is 0.528. The van der Waals surface area contributed by atoms with Crippen LogP contribution in [0.3, 0.4) is 0 Å². The number of ether oxygens (including phenoxy) is 1. The predicted molar refractivity (Wildman–Crippen MR) is 59.9 cm³/mol. The molecule has 0 heterocycles. The van der Waals surface area contributed by atoms with Crippen LogP contribution in [0.2, 0.25) is 0 Å². The first-order valence-corrected chi connectivity index (χ1v) is 6.38. The molecule has 0 aromatic heterocycles. The number of carbonyl (C=O) groups excluding carboxylic acids is 2. The molecule has 0 aromatic rings. The number of fused-ring (bicyclic) bond motifs is 1. The van der Waals surface area contributed by atoms with E-state index in [9.17, 15) is 9.59 Å². The fraction of sp³-hybridized carbons (Fsp3) is 0.846. The Morgan fingerprint density at radius 3 is 3.00 bits per heavy atom. The molecule has 2 saturated carbocycles. The van der Waals surface area contributed by atoms with E-state index in [0.717, 1.165) is 32.1 Å². The van der Waals surface area contributed by atoms with Gasteiger partial charge in [-0.25, -0.2) is 0 Å². The summed E-state index contributed by atoms with van der Waals surface area (Å²) in [5.41, 5.74) is -0.317. The van der Waals surface area contributed by atoms with Gasteiger partial charge in [0.2, 0.25) is 0 Å². The topological polar surface area (TPSA) is 43.4 Å². The molecule has 2 aliphatic rings. The number of hydrogen-bond acceptors (Lipinski definition) is 3. The molecule has 0 saturated heterocycles. The number of ketones is 1. The number of esters is 1. The molecule has 0 N–H and O–H groups in total. The fourth-order valence-electron chi connectivity index (χ4n) is 3.32. The minimum atomic E-state index is -0.317. The summed E-state index contributed by atoms with van der Waals surface area (Å²) in [6.45, 7) is 2.29. The summed E-state index contributed by atoms with van der Waals surface area (Å²) in [4.78, 5) is 23.6. The molecular formula is C13H20O3. The summed E-state index contributed by atoms with van der Waals surface area (Å²) in [5, 5.41) is 0. The van der Waals surface area contributed by atoms with Gasteiger partial charge in [0.25, 0.3) is 0 Å². The van der Waals surface area contributed by atoms with Crippen LogP contribution in [0.25, 0.3) is 0 Å². The van der Waals surface area contributed by atoms with Crippen LogP contribution in [0.15, 0.2) is 0 Å². The summed E-state index contributed by atoms with van der Waals surface area (Å²) in [7, 11) is 0. The molecule has 2 aliphatic carbocycles. The van der Waals surface area contributed by atoms with Crippen molar-refractivity contribution < 1.29 is 14.3 Å². The standard InChI is InChI=1S/C13H20O3/c1-2-16-12(15)13-7-4-3-5-10(13)9-11(14)6-8-13/h10H,2-9H2,1H3/t10-,13+/m0/s1. The molecule has 0 unspecified atom stereocenters. The highest BCUT2D eigenvalue weighted by Gasteiger charge is 2.50. The molecule has 90 valence electrons. The third-order valence-corrected chi connectivity index (χ3v) is 4.21. The fourth-order valence-corrected chi connectivity index (χ4v) is 3.32. The molecule has 2 rings (SSSR count). The third kappa shape index (κ3) is 1.87. The Morgan fingerprint density at radius 2 is 2.25 bits per heavy atom. The highest BCUT2D eigenvalue weighted by Crippen LogP contribution is 2.50. The lowest BCUT2D eigenvalue weighted by Gasteiger charge is -2.44. The van der Waals surface area contributed by atoms with Crippen LogP contribution in [0.4, 0.5) is 0 Å². The number of rotatable bonds is 2. The van der Waals surface area contributed by atoms with Crippen molar-refractivity contribution in [1.29, 1.82) is 0 Å². The summed E-state index contributed by atoms with van der Waals surface area (Å²) < 4.78 is 5.23. The average Bonchev–Trinajstić information content (AvgIpc) is 2.29. The van der Waals surface area contributed by atoms with E-state index in [1.807, 2.05) is 6.92 Å². The monoisotopic (exact) mass is 224 g/mol. The van der Waals surface area contributed by atoms with Gasteiger partial charge in [0, 0.05) is 12.8 Å². The van der Waals surface area contributed by atoms with E-state index >= 15 is 0 Å². The molecular weight excluding hydrogens is 204 g/mol.